The van der Waals surface area contributed by atoms with Crippen molar-refractivity contribution in [3.8, 4) is 11.5 Å². The van der Waals surface area contributed by atoms with Gasteiger partial charge in [0, 0.05) is 6.07 Å². The average molecular weight is 241 g/mol. The van der Waals surface area contributed by atoms with E-state index in [1.165, 1.54) is 18.2 Å². The molecule has 2 rings (SSSR count). The maximum Gasteiger partial charge on any atom is 0.273 e. The quantitative estimate of drug-likeness (QED) is 0.630. The summed E-state index contributed by atoms with van der Waals surface area (Å²) in [4.78, 5) is 9.99. The van der Waals surface area contributed by atoms with Crippen LogP contribution in [0.1, 0.15) is 13.8 Å². The Kier molecular flexibility index (Phi) is 4.71. The van der Waals surface area contributed by atoms with Gasteiger partial charge >= 0.3 is 0 Å². The van der Waals surface area contributed by atoms with Crippen LogP contribution in [-0.2, 0) is 0 Å². The number of aliphatic hydroxyl groups is 1. The number of rotatable bonds is 2. The molecule has 0 saturated heterocycles. The van der Waals surface area contributed by atoms with Gasteiger partial charge in [-0.1, -0.05) is 13.8 Å². The van der Waals surface area contributed by atoms with Gasteiger partial charge in [0.15, 0.2) is 17.6 Å². The zero-order chi connectivity index (χ0) is 12.8. The second-order valence-electron chi connectivity index (χ2n) is 3.12. The van der Waals surface area contributed by atoms with Crippen molar-refractivity contribution in [3.63, 3.8) is 0 Å². The highest BCUT2D eigenvalue weighted by molar-refractivity contribution is 5.49. The molecule has 1 unspecified atom stereocenters. The lowest BCUT2D eigenvalue weighted by Gasteiger charge is -2.24. The fourth-order valence-corrected chi connectivity index (χ4v) is 1.31. The minimum absolute atomic E-state index is 0.0593. The van der Waals surface area contributed by atoms with E-state index < -0.39 is 11.0 Å². The fraction of sp³-hybridized carbons (Fsp3) is 0.455. The predicted molar refractivity (Wildman–Crippen MR) is 61.4 cm³/mol. The molecule has 0 bridgehead atoms. The van der Waals surface area contributed by atoms with Gasteiger partial charge in [0.1, 0.15) is 6.61 Å². The second-order valence-corrected chi connectivity index (χ2v) is 3.12. The molecular formula is C11H15NO5. The van der Waals surface area contributed by atoms with E-state index >= 15 is 0 Å². The van der Waals surface area contributed by atoms with Crippen molar-refractivity contribution in [2.24, 2.45) is 0 Å². The van der Waals surface area contributed by atoms with Crippen LogP contribution in [0, 0.1) is 10.1 Å². The first kappa shape index (κ1) is 13.2. The number of nitro benzene ring substituents is 1. The van der Waals surface area contributed by atoms with E-state index in [2.05, 4.69) is 0 Å². The largest absolute Gasteiger partial charge is 0.486 e. The highest BCUT2D eigenvalue weighted by Gasteiger charge is 2.22. The van der Waals surface area contributed by atoms with E-state index in [9.17, 15) is 10.1 Å². The standard InChI is InChI=1S/C9H9NO5.C2H6/c11-4-7-5-14-8-2-1-6(10(12)13)3-9(8)15-7;1-2/h1-3,7,11H,4-5H2;1-2H3. The lowest BCUT2D eigenvalue weighted by Crippen LogP contribution is -2.32. The van der Waals surface area contributed by atoms with Gasteiger partial charge in [-0.2, -0.15) is 0 Å². The van der Waals surface area contributed by atoms with Crippen molar-refractivity contribution < 1.29 is 19.5 Å². The molecule has 1 aliphatic heterocycles. The molecule has 0 spiro atoms. The number of nitro groups is 1. The Morgan fingerprint density at radius 3 is 2.76 bits per heavy atom. The Hall–Kier alpha value is -1.82. The smallest absolute Gasteiger partial charge is 0.273 e. The maximum absolute atomic E-state index is 10.5. The van der Waals surface area contributed by atoms with Crippen molar-refractivity contribution >= 4 is 5.69 Å². The summed E-state index contributed by atoms with van der Waals surface area (Å²) in [6.07, 6.45) is -0.459. The second kappa shape index (κ2) is 6.05. The van der Waals surface area contributed by atoms with Gasteiger partial charge < -0.3 is 14.6 Å². The van der Waals surface area contributed by atoms with E-state index in [-0.39, 0.29) is 18.9 Å². The van der Waals surface area contributed by atoms with Crippen LogP contribution >= 0.6 is 0 Å². The van der Waals surface area contributed by atoms with Crippen molar-refractivity contribution in [2.45, 2.75) is 20.0 Å². The highest BCUT2D eigenvalue weighted by atomic mass is 16.6. The fourth-order valence-electron chi connectivity index (χ4n) is 1.31. The summed E-state index contributed by atoms with van der Waals surface area (Å²) in [6, 6.07) is 4.12. The summed E-state index contributed by atoms with van der Waals surface area (Å²) in [5, 5.41) is 19.4. The van der Waals surface area contributed by atoms with Gasteiger partial charge in [-0.3, -0.25) is 10.1 Å². The molecule has 1 aromatic carbocycles. The first-order chi connectivity index (χ1) is 8.20. The van der Waals surface area contributed by atoms with Gasteiger partial charge in [0.25, 0.3) is 5.69 Å². The Balaban J connectivity index is 0.000000686. The predicted octanol–water partition coefficient (Wildman–Crippen LogP) is 1.75. The lowest BCUT2D eigenvalue weighted by atomic mass is 10.2. The Morgan fingerprint density at radius 2 is 2.18 bits per heavy atom. The zero-order valence-corrected chi connectivity index (χ0v) is 9.75. The monoisotopic (exact) mass is 241 g/mol. The molecule has 1 atom stereocenters. The summed E-state index contributed by atoms with van der Waals surface area (Å²) in [5.41, 5.74) is -0.0593. The summed E-state index contributed by atoms with van der Waals surface area (Å²) in [7, 11) is 0. The van der Waals surface area contributed by atoms with Crippen LogP contribution in [-0.4, -0.2) is 29.3 Å². The molecule has 6 nitrogen and oxygen atoms in total. The Labute approximate surface area is 98.9 Å². The molecule has 0 saturated carbocycles. The highest BCUT2D eigenvalue weighted by Crippen LogP contribution is 2.34. The number of nitrogens with zero attached hydrogens (tertiary/aromatic N) is 1. The number of ether oxygens (including phenoxy) is 2. The van der Waals surface area contributed by atoms with Crippen LogP contribution in [0.2, 0.25) is 0 Å². The number of benzene rings is 1. The van der Waals surface area contributed by atoms with E-state index in [4.69, 9.17) is 14.6 Å². The SMILES string of the molecule is CC.O=[N+]([O-])c1ccc2c(c1)OC(CO)CO2. The molecule has 0 fully saturated rings. The maximum atomic E-state index is 10.5. The van der Waals surface area contributed by atoms with Crippen LogP contribution in [0.15, 0.2) is 18.2 Å². The minimum Gasteiger partial charge on any atom is -0.486 e. The van der Waals surface area contributed by atoms with E-state index in [1.54, 1.807) is 0 Å². The molecule has 0 aliphatic carbocycles. The topological polar surface area (TPSA) is 81.8 Å². The Morgan fingerprint density at radius 1 is 1.47 bits per heavy atom. The third kappa shape index (κ3) is 3.07. The molecule has 1 aliphatic rings. The van der Waals surface area contributed by atoms with Crippen LogP contribution in [0.25, 0.3) is 0 Å². The van der Waals surface area contributed by atoms with E-state index in [1.807, 2.05) is 13.8 Å². The first-order valence-electron chi connectivity index (χ1n) is 5.39. The molecule has 0 aromatic heterocycles. The van der Waals surface area contributed by atoms with Crippen LogP contribution < -0.4 is 9.47 Å². The number of fused-ring (bicyclic) bond motifs is 1. The molecular weight excluding hydrogens is 226 g/mol. The third-order valence-electron chi connectivity index (χ3n) is 2.06. The Bertz CT molecular complexity index is 393. The lowest BCUT2D eigenvalue weighted by molar-refractivity contribution is -0.385. The molecule has 17 heavy (non-hydrogen) atoms. The molecule has 0 amide bonds. The number of aliphatic hydroxyl groups excluding tert-OH is 1. The van der Waals surface area contributed by atoms with Gasteiger partial charge in [-0.25, -0.2) is 0 Å². The average Bonchev–Trinajstić information content (AvgIpc) is 2.39. The van der Waals surface area contributed by atoms with Crippen molar-refractivity contribution in [1.82, 2.24) is 0 Å². The summed E-state index contributed by atoms with van der Waals surface area (Å²) in [6.45, 7) is 4.07. The number of hydrogen-bond acceptors (Lipinski definition) is 5. The van der Waals surface area contributed by atoms with Crippen LogP contribution in [0.5, 0.6) is 11.5 Å². The summed E-state index contributed by atoms with van der Waals surface area (Å²) < 4.78 is 10.5. The summed E-state index contributed by atoms with van der Waals surface area (Å²) >= 11 is 0. The third-order valence-corrected chi connectivity index (χ3v) is 2.06. The number of hydrogen-bond donors (Lipinski definition) is 1. The molecule has 1 aromatic rings. The molecule has 1 N–H and O–H groups in total. The minimum atomic E-state index is -0.508. The normalized spacial score (nSPS) is 16.8. The van der Waals surface area contributed by atoms with Crippen molar-refractivity contribution in [2.75, 3.05) is 13.2 Å². The van der Waals surface area contributed by atoms with Crippen LogP contribution in [0.3, 0.4) is 0 Å². The van der Waals surface area contributed by atoms with E-state index in [0.29, 0.717) is 11.5 Å². The van der Waals surface area contributed by atoms with Gasteiger partial charge in [0.2, 0.25) is 0 Å². The molecule has 94 valence electrons. The first-order valence-corrected chi connectivity index (χ1v) is 5.39. The van der Waals surface area contributed by atoms with Crippen molar-refractivity contribution in [1.29, 1.82) is 0 Å². The van der Waals surface area contributed by atoms with Gasteiger partial charge in [0.05, 0.1) is 17.6 Å². The number of non-ortho nitro benzene ring substituents is 1. The molecule has 6 heteroatoms. The summed E-state index contributed by atoms with van der Waals surface area (Å²) in [5.74, 6) is 0.764. The van der Waals surface area contributed by atoms with Crippen molar-refractivity contribution in [3.05, 3.63) is 28.3 Å². The van der Waals surface area contributed by atoms with E-state index in [0.717, 1.165) is 0 Å². The van der Waals surface area contributed by atoms with Gasteiger partial charge in [-0.15, -0.1) is 0 Å². The zero-order valence-electron chi connectivity index (χ0n) is 9.75. The molecule has 1 heterocycles. The molecule has 0 radical (unpaired) electrons. The van der Waals surface area contributed by atoms with Gasteiger partial charge in [-0.05, 0) is 6.07 Å². The van der Waals surface area contributed by atoms with Crippen LogP contribution in [0.4, 0.5) is 5.69 Å².